The molecule has 0 atom stereocenters. The SMILES string of the molecule is Cc1cc(C#N)cc(C)c1Oc1nc(NC2CCN(c3ccccc3)CC2)ncc1Cl. The molecule has 0 saturated carbocycles. The number of rotatable bonds is 5. The molecule has 0 spiro atoms. The number of anilines is 2. The largest absolute Gasteiger partial charge is 0.437 e. The first-order valence-corrected chi connectivity index (χ1v) is 10.7. The van der Waals surface area contributed by atoms with Gasteiger partial charge in [-0.25, -0.2) is 4.98 Å². The number of aryl methyl sites for hydroxylation is 2. The van der Waals surface area contributed by atoms with Gasteiger partial charge in [-0.1, -0.05) is 29.8 Å². The Labute approximate surface area is 187 Å². The van der Waals surface area contributed by atoms with Gasteiger partial charge in [-0.05, 0) is 62.1 Å². The van der Waals surface area contributed by atoms with E-state index in [9.17, 15) is 0 Å². The van der Waals surface area contributed by atoms with Crippen LogP contribution in [0.15, 0.2) is 48.7 Å². The topological polar surface area (TPSA) is 74.1 Å². The zero-order valence-corrected chi connectivity index (χ0v) is 18.4. The molecule has 2 heterocycles. The minimum absolute atomic E-state index is 0.285. The fourth-order valence-corrected chi connectivity index (χ4v) is 4.00. The summed E-state index contributed by atoms with van der Waals surface area (Å²) in [6, 6.07) is 16.5. The summed E-state index contributed by atoms with van der Waals surface area (Å²) in [5.74, 6) is 1.46. The van der Waals surface area contributed by atoms with Gasteiger partial charge in [0.05, 0.1) is 17.8 Å². The minimum atomic E-state index is 0.285. The molecule has 4 rings (SSSR count). The lowest BCUT2D eigenvalue weighted by Crippen LogP contribution is -2.39. The van der Waals surface area contributed by atoms with Crippen molar-refractivity contribution < 1.29 is 4.74 Å². The van der Waals surface area contributed by atoms with Crippen molar-refractivity contribution in [1.82, 2.24) is 9.97 Å². The van der Waals surface area contributed by atoms with E-state index < -0.39 is 0 Å². The quantitative estimate of drug-likeness (QED) is 0.573. The Balaban J connectivity index is 1.44. The molecule has 3 aromatic rings. The summed E-state index contributed by atoms with van der Waals surface area (Å²) in [6.45, 7) is 5.75. The molecule has 0 bridgehead atoms. The van der Waals surface area contributed by atoms with Gasteiger partial charge < -0.3 is 15.0 Å². The standard InChI is InChI=1S/C24H24ClN5O/c1-16-12-18(14-26)13-17(2)22(16)31-23-21(25)15-27-24(29-23)28-19-8-10-30(11-9-19)20-6-4-3-5-7-20/h3-7,12-13,15,19H,8-11H2,1-2H3,(H,27,28,29). The van der Waals surface area contributed by atoms with Crippen molar-refractivity contribution in [2.75, 3.05) is 23.3 Å². The summed E-state index contributed by atoms with van der Waals surface area (Å²) in [6.07, 6.45) is 3.54. The molecule has 158 valence electrons. The van der Waals surface area contributed by atoms with Crippen LogP contribution in [-0.2, 0) is 0 Å². The molecule has 0 amide bonds. The van der Waals surface area contributed by atoms with Crippen LogP contribution in [0, 0.1) is 25.2 Å². The molecule has 1 fully saturated rings. The number of piperidine rings is 1. The van der Waals surface area contributed by atoms with Crippen LogP contribution in [0.25, 0.3) is 0 Å². The molecule has 31 heavy (non-hydrogen) atoms. The smallest absolute Gasteiger partial charge is 0.243 e. The summed E-state index contributed by atoms with van der Waals surface area (Å²) in [7, 11) is 0. The number of nitriles is 1. The maximum absolute atomic E-state index is 9.14. The van der Waals surface area contributed by atoms with Crippen molar-refractivity contribution in [3.63, 3.8) is 0 Å². The molecule has 1 aliphatic rings. The number of para-hydroxylation sites is 1. The fourth-order valence-electron chi connectivity index (χ4n) is 3.87. The van der Waals surface area contributed by atoms with Crippen molar-refractivity contribution in [1.29, 1.82) is 5.26 Å². The molecule has 7 heteroatoms. The molecule has 1 saturated heterocycles. The Hall–Kier alpha value is -3.30. The molecule has 0 unspecified atom stereocenters. The molecule has 0 radical (unpaired) electrons. The van der Waals surface area contributed by atoms with Crippen molar-refractivity contribution >= 4 is 23.2 Å². The number of aromatic nitrogens is 2. The van der Waals surface area contributed by atoms with E-state index in [4.69, 9.17) is 21.6 Å². The molecule has 1 N–H and O–H groups in total. The van der Waals surface area contributed by atoms with Crippen LogP contribution in [-0.4, -0.2) is 29.1 Å². The van der Waals surface area contributed by atoms with Crippen LogP contribution in [0.2, 0.25) is 5.02 Å². The maximum Gasteiger partial charge on any atom is 0.243 e. The maximum atomic E-state index is 9.14. The number of benzene rings is 2. The van der Waals surface area contributed by atoms with Crippen molar-refractivity contribution in [2.24, 2.45) is 0 Å². The van der Waals surface area contributed by atoms with Gasteiger partial charge in [0.25, 0.3) is 0 Å². The average Bonchev–Trinajstić information content (AvgIpc) is 2.79. The van der Waals surface area contributed by atoms with Gasteiger partial charge in [0.15, 0.2) is 0 Å². The molecule has 1 aromatic heterocycles. The Bertz CT molecular complexity index is 1080. The van der Waals surface area contributed by atoms with Crippen LogP contribution in [0.3, 0.4) is 0 Å². The van der Waals surface area contributed by atoms with Gasteiger partial charge in [0.1, 0.15) is 10.8 Å². The summed E-state index contributed by atoms with van der Waals surface area (Å²) >= 11 is 6.30. The first-order chi connectivity index (χ1) is 15.0. The van der Waals surface area contributed by atoms with Gasteiger partial charge in [-0.2, -0.15) is 10.2 Å². The number of hydrogen-bond donors (Lipinski definition) is 1. The lowest BCUT2D eigenvalue weighted by molar-refractivity contribution is 0.454. The summed E-state index contributed by atoms with van der Waals surface area (Å²) in [5, 5.41) is 12.9. The molecule has 2 aromatic carbocycles. The monoisotopic (exact) mass is 433 g/mol. The average molecular weight is 434 g/mol. The van der Waals surface area contributed by atoms with Crippen LogP contribution in [0.5, 0.6) is 11.6 Å². The number of nitrogens with one attached hydrogen (secondary N) is 1. The van der Waals surface area contributed by atoms with E-state index in [1.54, 1.807) is 18.3 Å². The number of hydrogen-bond acceptors (Lipinski definition) is 6. The molecule has 1 aliphatic heterocycles. The van der Waals surface area contributed by atoms with Crippen LogP contribution in [0.1, 0.15) is 29.5 Å². The Morgan fingerprint density at radius 3 is 2.45 bits per heavy atom. The van der Waals surface area contributed by atoms with Crippen LogP contribution >= 0.6 is 11.6 Å². The minimum Gasteiger partial charge on any atom is -0.437 e. The Morgan fingerprint density at radius 2 is 1.81 bits per heavy atom. The highest BCUT2D eigenvalue weighted by Gasteiger charge is 2.21. The highest BCUT2D eigenvalue weighted by atomic mass is 35.5. The second-order valence-electron chi connectivity index (χ2n) is 7.74. The van der Waals surface area contributed by atoms with Crippen molar-refractivity contribution in [3.8, 4) is 17.7 Å². The zero-order valence-electron chi connectivity index (χ0n) is 17.6. The predicted molar refractivity (Wildman–Crippen MR) is 123 cm³/mol. The second-order valence-corrected chi connectivity index (χ2v) is 8.15. The number of ether oxygens (including phenoxy) is 1. The van der Waals surface area contributed by atoms with E-state index in [2.05, 4.69) is 50.5 Å². The van der Waals surface area contributed by atoms with E-state index in [-0.39, 0.29) is 6.04 Å². The summed E-state index contributed by atoms with van der Waals surface area (Å²) in [4.78, 5) is 11.2. The highest BCUT2D eigenvalue weighted by molar-refractivity contribution is 6.31. The molecular formula is C24H24ClN5O. The summed E-state index contributed by atoms with van der Waals surface area (Å²) < 4.78 is 6.03. The van der Waals surface area contributed by atoms with Crippen LogP contribution in [0.4, 0.5) is 11.6 Å². The van der Waals surface area contributed by atoms with Crippen molar-refractivity contribution in [2.45, 2.75) is 32.7 Å². The molecule has 0 aliphatic carbocycles. The van der Waals surface area contributed by atoms with Crippen molar-refractivity contribution in [3.05, 3.63) is 70.4 Å². The van der Waals surface area contributed by atoms with E-state index >= 15 is 0 Å². The van der Waals surface area contributed by atoms with E-state index in [1.165, 1.54) is 5.69 Å². The highest BCUT2D eigenvalue weighted by Crippen LogP contribution is 2.33. The van der Waals surface area contributed by atoms with Gasteiger partial charge in [-0.15, -0.1) is 0 Å². The third-order valence-electron chi connectivity index (χ3n) is 5.45. The van der Waals surface area contributed by atoms with Gasteiger partial charge in [0, 0.05) is 24.8 Å². The van der Waals surface area contributed by atoms with Gasteiger partial charge >= 0.3 is 0 Å². The first kappa shape index (κ1) is 21.0. The third-order valence-corrected chi connectivity index (χ3v) is 5.71. The zero-order chi connectivity index (χ0) is 21.8. The number of halogens is 1. The fraction of sp³-hybridized carbons (Fsp3) is 0.292. The predicted octanol–water partition coefficient (Wildman–Crippen LogP) is 5.49. The Morgan fingerprint density at radius 1 is 1.13 bits per heavy atom. The van der Waals surface area contributed by atoms with Crippen LogP contribution < -0.4 is 15.0 Å². The lowest BCUT2D eigenvalue weighted by Gasteiger charge is -2.34. The molecular weight excluding hydrogens is 410 g/mol. The van der Waals surface area contributed by atoms with E-state index in [0.717, 1.165) is 37.1 Å². The van der Waals surface area contributed by atoms with E-state index in [1.807, 2.05) is 19.9 Å². The lowest BCUT2D eigenvalue weighted by atomic mass is 10.0. The molecule has 6 nitrogen and oxygen atoms in total. The normalized spacial score (nSPS) is 14.2. The first-order valence-electron chi connectivity index (χ1n) is 10.3. The number of nitrogens with zero attached hydrogens (tertiary/aromatic N) is 4. The Kier molecular flexibility index (Phi) is 6.24. The summed E-state index contributed by atoms with van der Waals surface area (Å²) in [5.41, 5.74) is 3.57. The van der Waals surface area contributed by atoms with Gasteiger partial charge in [-0.3, -0.25) is 0 Å². The second kappa shape index (κ2) is 9.23. The third kappa shape index (κ3) is 4.89. The van der Waals surface area contributed by atoms with E-state index in [0.29, 0.717) is 28.2 Å². The van der Waals surface area contributed by atoms with Gasteiger partial charge in [0.2, 0.25) is 11.8 Å².